The molecule has 1 unspecified atom stereocenters. The average molecular weight is 476 g/mol. The van der Waals surface area contributed by atoms with E-state index in [9.17, 15) is 5.11 Å². The number of hydrogen-bond donors (Lipinski definition) is 3. The number of fused-ring (bicyclic) bond motifs is 1. The monoisotopic (exact) mass is 475 g/mol. The second kappa shape index (κ2) is 11.1. The van der Waals surface area contributed by atoms with Gasteiger partial charge in [-0.2, -0.15) is 4.98 Å². The fourth-order valence-corrected chi connectivity index (χ4v) is 5.86. The Labute approximate surface area is 209 Å². The van der Waals surface area contributed by atoms with Crippen molar-refractivity contribution in [2.24, 2.45) is 0 Å². The third kappa shape index (κ3) is 5.70. The fourth-order valence-electron chi connectivity index (χ4n) is 5.86. The van der Waals surface area contributed by atoms with Crippen molar-refractivity contribution in [3.63, 3.8) is 0 Å². The minimum Gasteiger partial charge on any atom is -0.393 e. The second-order valence-electron chi connectivity index (χ2n) is 10.7. The lowest BCUT2D eigenvalue weighted by molar-refractivity contribution is 0.111. The molecular formula is C29H41N5O. The van der Waals surface area contributed by atoms with E-state index in [0.717, 1.165) is 56.1 Å². The van der Waals surface area contributed by atoms with E-state index >= 15 is 0 Å². The predicted octanol–water partition coefficient (Wildman–Crippen LogP) is 6.21. The third-order valence-corrected chi connectivity index (χ3v) is 7.94. The quantitative estimate of drug-likeness (QED) is 0.343. The van der Waals surface area contributed by atoms with Crippen molar-refractivity contribution in [1.82, 2.24) is 19.9 Å². The Morgan fingerprint density at radius 3 is 2.51 bits per heavy atom. The van der Waals surface area contributed by atoms with Gasteiger partial charge in [0.1, 0.15) is 5.65 Å². The molecule has 0 saturated heterocycles. The lowest BCUT2D eigenvalue weighted by Crippen LogP contribution is -2.25. The van der Waals surface area contributed by atoms with Crippen LogP contribution in [-0.2, 0) is 6.54 Å². The van der Waals surface area contributed by atoms with Gasteiger partial charge in [-0.15, -0.1) is 0 Å². The van der Waals surface area contributed by atoms with Crippen LogP contribution in [0.5, 0.6) is 0 Å². The van der Waals surface area contributed by atoms with Crippen LogP contribution in [0.1, 0.15) is 89.7 Å². The standard InChI is InChI=1S/C29H41N5O/c1-3-6-20(2)32-29-31-18-26-27(19-34(28(26)33-29)24-13-15-25(35)16-14-24)22-11-9-21(10-12-22)17-30-23-7-4-5-8-23/h9-12,18-20,23-25,30,35H,3-8,13-17H2,1-2H3,(H,31,32,33)/t20?,24-,25-. The van der Waals surface area contributed by atoms with Crippen molar-refractivity contribution in [3.05, 3.63) is 42.2 Å². The number of rotatable bonds is 9. The third-order valence-electron chi connectivity index (χ3n) is 7.94. The number of anilines is 1. The summed E-state index contributed by atoms with van der Waals surface area (Å²) in [5.74, 6) is 0.702. The first-order valence-electron chi connectivity index (χ1n) is 13.8. The molecule has 1 aromatic carbocycles. The van der Waals surface area contributed by atoms with Crippen LogP contribution in [-0.4, -0.2) is 37.8 Å². The Morgan fingerprint density at radius 1 is 1.06 bits per heavy atom. The van der Waals surface area contributed by atoms with Gasteiger partial charge in [-0.25, -0.2) is 4.98 Å². The van der Waals surface area contributed by atoms with Gasteiger partial charge in [0.15, 0.2) is 0 Å². The van der Waals surface area contributed by atoms with Gasteiger partial charge in [0, 0.05) is 48.0 Å². The summed E-state index contributed by atoms with van der Waals surface area (Å²) in [6, 6.07) is 10.4. The van der Waals surface area contributed by atoms with E-state index in [2.05, 4.69) is 59.5 Å². The van der Waals surface area contributed by atoms with Crippen LogP contribution < -0.4 is 10.6 Å². The molecule has 0 aliphatic heterocycles. The van der Waals surface area contributed by atoms with Gasteiger partial charge in [0.05, 0.1) is 6.10 Å². The van der Waals surface area contributed by atoms with Crippen LogP contribution in [0, 0.1) is 0 Å². The van der Waals surface area contributed by atoms with Crippen LogP contribution in [0.4, 0.5) is 5.95 Å². The van der Waals surface area contributed by atoms with Gasteiger partial charge in [-0.1, -0.05) is 50.5 Å². The highest BCUT2D eigenvalue weighted by Crippen LogP contribution is 2.37. The molecule has 0 bridgehead atoms. The van der Waals surface area contributed by atoms with Crippen molar-refractivity contribution in [2.75, 3.05) is 5.32 Å². The molecule has 6 heteroatoms. The zero-order chi connectivity index (χ0) is 24.2. The highest BCUT2D eigenvalue weighted by atomic mass is 16.3. The van der Waals surface area contributed by atoms with E-state index in [1.165, 1.54) is 42.4 Å². The summed E-state index contributed by atoms with van der Waals surface area (Å²) >= 11 is 0. The molecule has 188 valence electrons. The average Bonchev–Trinajstić information content (AvgIpc) is 3.52. The van der Waals surface area contributed by atoms with Gasteiger partial charge in [-0.3, -0.25) is 0 Å². The molecule has 2 aromatic heterocycles. The van der Waals surface area contributed by atoms with Gasteiger partial charge in [0.2, 0.25) is 5.95 Å². The van der Waals surface area contributed by atoms with Crippen molar-refractivity contribution in [1.29, 1.82) is 0 Å². The van der Waals surface area contributed by atoms with E-state index < -0.39 is 0 Å². The summed E-state index contributed by atoms with van der Waals surface area (Å²) in [6.07, 6.45) is 15.3. The van der Waals surface area contributed by atoms with E-state index in [1.807, 2.05) is 6.20 Å². The molecule has 5 rings (SSSR count). The van der Waals surface area contributed by atoms with Gasteiger partial charge < -0.3 is 20.3 Å². The number of aromatic nitrogens is 3. The van der Waals surface area contributed by atoms with Crippen LogP contribution >= 0.6 is 0 Å². The molecule has 3 aromatic rings. The van der Waals surface area contributed by atoms with Crippen LogP contribution in [0.25, 0.3) is 22.2 Å². The molecule has 0 spiro atoms. The highest BCUT2D eigenvalue weighted by Gasteiger charge is 2.24. The van der Waals surface area contributed by atoms with Crippen LogP contribution in [0.15, 0.2) is 36.7 Å². The molecule has 2 saturated carbocycles. The summed E-state index contributed by atoms with van der Waals surface area (Å²) in [4.78, 5) is 9.69. The number of nitrogens with zero attached hydrogens (tertiary/aromatic N) is 3. The largest absolute Gasteiger partial charge is 0.393 e. The smallest absolute Gasteiger partial charge is 0.224 e. The molecular weight excluding hydrogens is 434 g/mol. The fraction of sp³-hybridized carbons (Fsp3) is 0.586. The number of hydrogen-bond acceptors (Lipinski definition) is 5. The number of nitrogens with one attached hydrogen (secondary N) is 2. The van der Waals surface area contributed by atoms with Gasteiger partial charge in [0.25, 0.3) is 0 Å². The molecule has 6 nitrogen and oxygen atoms in total. The maximum absolute atomic E-state index is 10.1. The maximum atomic E-state index is 10.1. The molecule has 2 aliphatic rings. The number of aliphatic hydroxyl groups is 1. The molecule has 1 atom stereocenters. The van der Waals surface area contributed by atoms with Crippen molar-refractivity contribution < 1.29 is 5.11 Å². The first-order valence-corrected chi connectivity index (χ1v) is 13.8. The van der Waals surface area contributed by atoms with Crippen LogP contribution in [0.3, 0.4) is 0 Å². The minimum atomic E-state index is -0.167. The van der Waals surface area contributed by atoms with Gasteiger partial charge >= 0.3 is 0 Å². The Kier molecular flexibility index (Phi) is 7.69. The summed E-state index contributed by atoms with van der Waals surface area (Å²) in [5.41, 5.74) is 4.72. The molecule has 3 N–H and O–H groups in total. The van der Waals surface area contributed by atoms with Crippen LogP contribution in [0.2, 0.25) is 0 Å². The maximum Gasteiger partial charge on any atom is 0.224 e. The van der Waals surface area contributed by atoms with E-state index in [0.29, 0.717) is 24.1 Å². The summed E-state index contributed by atoms with van der Waals surface area (Å²) in [5, 5.41) is 18.4. The van der Waals surface area contributed by atoms with E-state index in [4.69, 9.17) is 9.97 Å². The normalized spacial score (nSPS) is 22.0. The Balaban J connectivity index is 1.42. The molecule has 35 heavy (non-hydrogen) atoms. The van der Waals surface area contributed by atoms with Crippen molar-refractivity contribution in [2.45, 2.75) is 109 Å². The second-order valence-corrected chi connectivity index (χ2v) is 10.7. The predicted molar refractivity (Wildman–Crippen MR) is 144 cm³/mol. The number of aliphatic hydroxyl groups excluding tert-OH is 1. The topological polar surface area (TPSA) is 75.0 Å². The first-order chi connectivity index (χ1) is 17.1. The summed E-state index contributed by atoms with van der Waals surface area (Å²) in [7, 11) is 0. The Bertz CT molecular complexity index is 1090. The van der Waals surface area contributed by atoms with Crippen molar-refractivity contribution >= 4 is 17.0 Å². The summed E-state index contributed by atoms with van der Waals surface area (Å²) in [6.45, 7) is 5.33. The highest BCUT2D eigenvalue weighted by molar-refractivity contribution is 5.94. The minimum absolute atomic E-state index is 0.167. The molecule has 0 radical (unpaired) electrons. The Morgan fingerprint density at radius 2 is 1.80 bits per heavy atom. The number of benzene rings is 1. The molecule has 2 aliphatic carbocycles. The molecule has 2 fully saturated rings. The lowest BCUT2D eigenvalue weighted by atomic mass is 9.93. The zero-order valence-corrected chi connectivity index (χ0v) is 21.3. The Hall–Kier alpha value is -2.44. The first kappa shape index (κ1) is 24.3. The molecule has 0 amide bonds. The molecule has 2 heterocycles. The SMILES string of the molecule is CCCC(C)Nc1ncc2c(-c3ccc(CNC4CCCC4)cc3)cn([C@H]3CC[C@H](O)CC3)c2n1. The van der Waals surface area contributed by atoms with Crippen molar-refractivity contribution in [3.8, 4) is 11.1 Å². The van der Waals surface area contributed by atoms with Gasteiger partial charge in [-0.05, 0) is 63.0 Å². The lowest BCUT2D eigenvalue weighted by Gasteiger charge is -2.27. The van der Waals surface area contributed by atoms with E-state index in [-0.39, 0.29) is 6.10 Å². The zero-order valence-electron chi connectivity index (χ0n) is 21.3. The van der Waals surface area contributed by atoms with E-state index in [1.54, 1.807) is 0 Å². The summed E-state index contributed by atoms with van der Waals surface area (Å²) < 4.78 is 2.35.